The molecule has 2 aromatic heterocycles. The number of ether oxygens (including phenoxy) is 1. The number of amides is 1. The van der Waals surface area contributed by atoms with Gasteiger partial charge in [0.05, 0.1) is 25.5 Å². The third-order valence-corrected chi connectivity index (χ3v) is 4.38. The maximum Gasteiger partial charge on any atom is 0.277 e. The largest absolute Gasteiger partial charge is 0.461 e. The van der Waals surface area contributed by atoms with E-state index in [1.54, 1.807) is 17.0 Å². The van der Waals surface area contributed by atoms with Gasteiger partial charge in [-0.05, 0) is 24.6 Å². The van der Waals surface area contributed by atoms with Gasteiger partial charge in [-0.25, -0.2) is 4.98 Å². The number of benzene rings is 1. The lowest BCUT2D eigenvalue weighted by Gasteiger charge is -2.37. The van der Waals surface area contributed by atoms with E-state index >= 15 is 0 Å². The van der Waals surface area contributed by atoms with Crippen molar-refractivity contribution in [3.8, 4) is 11.5 Å². The molecule has 0 bridgehead atoms. The highest BCUT2D eigenvalue weighted by Crippen LogP contribution is 2.29. The zero-order chi connectivity index (χ0) is 17.2. The summed E-state index contributed by atoms with van der Waals surface area (Å²) < 4.78 is 16.6. The summed E-state index contributed by atoms with van der Waals surface area (Å²) in [5.41, 5.74) is 1.31. The number of oxazole rings is 1. The topological polar surface area (TPSA) is 68.7 Å². The molecule has 1 fully saturated rings. The molecular formula is C19H18N2O4. The molecule has 6 nitrogen and oxygen atoms in total. The average molecular weight is 338 g/mol. The monoisotopic (exact) mass is 338 g/mol. The van der Waals surface area contributed by atoms with Gasteiger partial charge in [0.15, 0.2) is 17.8 Å². The highest BCUT2D eigenvalue weighted by molar-refractivity contribution is 5.97. The van der Waals surface area contributed by atoms with E-state index in [1.165, 1.54) is 12.7 Å². The molecule has 2 atom stereocenters. The standard InChI is InChI=1S/C19H18N2O4/c1-13-11-24-16(14-6-3-2-4-7-14)10-21(13)19(22)17-18(25-12-20-17)15-8-5-9-23-15/h2-9,12-13,16H,10-11H2,1H3/t13-,16+/m1/s1. The number of carbonyl (C=O) groups is 1. The Labute approximate surface area is 145 Å². The van der Waals surface area contributed by atoms with Crippen molar-refractivity contribution in [3.63, 3.8) is 0 Å². The van der Waals surface area contributed by atoms with Gasteiger partial charge in [-0.15, -0.1) is 0 Å². The number of aromatic nitrogens is 1. The minimum Gasteiger partial charge on any atom is -0.461 e. The highest BCUT2D eigenvalue weighted by atomic mass is 16.5. The van der Waals surface area contributed by atoms with Gasteiger partial charge in [0.1, 0.15) is 6.10 Å². The summed E-state index contributed by atoms with van der Waals surface area (Å²) in [5, 5.41) is 0. The SMILES string of the molecule is C[C@@H]1CO[C@H](c2ccccc2)CN1C(=O)c1ncoc1-c1ccco1. The van der Waals surface area contributed by atoms with Crippen LogP contribution in [-0.4, -0.2) is 35.0 Å². The zero-order valence-corrected chi connectivity index (χ0v) is 13.8. The molecule has 1 aromatic carbocycles. The third-order valence-electron chi connectivity index (χ3n) is 4.38. The molecular weight excluding hydrogens is 320 g/mol. The van der Waals surface area contributed by atoms with Crippen LogP contribution in [0.5, 0.6) is 0 Å². The van der Waals surface area contributed by atoms with Crippen molar-refractivity contribution in [3.05, 3.63) is 66.4 Å². The Balaban J connectivity index is 1.60. The van der Waals surface area contributed by atoms with E-state index in [1.807, 2.05) is 37.3 Å². The number of nitrogens with zero attached hydrogens (tertiary/aromatic N) is 2. The lowest BCUT2D eigenvalue weighted by Crippen LogP contribution is -2.48. The van der Waals surface area contributed by atoms with E-state index in [4.69, 9.17) is 13.6 Å². The van der Waals surface area contributed by atoms with Crippen LogP contribution in [0.25, 0.3) is 11.5 Å². The van der Waals surface area contributed by atoms with Crippen LogP contribution in [0, 0.1) is 0 Å². The van der Waals surface area contributed by atoms with Crippen molar-refractivity contribution < 1.29 is 18.4 Å². The fourth-order valence-corrected chi connectivity index (χ4v) is 3.03. The van der Waals surface area contributed by atoms with Gasteiger partial charge >= 0.3 is 0 Å². The number of furan rings is 1. The lowest BCUT2D eigenvalue weighted by atomic mass is 10.1. The lowest BCUT2D eigenvalue weighted by molar-refractivity contribution is -0.0488. The molecule has 6 heteroatoms. The summed E-state index contributed by atoms with van der Waals surface area (Å²) in [6.45, 7) is 2.90. The van der Waals surface area contributed by atoms with Crippen molar-refractivity contribution in [2.45, 2.75) is 19.1 Å². The van der Waals surface area contributed by atoms with Gasteiger partial charge in [0, 0.05) is 0 Å². The van der Waals surface area contributed by atoms with Gasteiger partial charge in [0.2, 0.25) is 5.76 Å². The van der Waals surface area contributed by atoms with Crippen LogP contribution < -0.4 is 0 Å². The molecule has 1 aliphatic heterocycles. The van der Waals surface area contributed by atoms with Gasteiger partial charge in [0.25, 0.3) is 5.91 Å². The summed E-state index contributed by atoms with van der Waals surface area (Å²) in [5.74, 6) is 0.656. The molecule has 0 aliphatic carbocycles. The predicted octanol–water partition coefficient (Wildman–Crippen LogP) is 3.54. The number of rotatable bonds is 3. The molecule has 0 N–H and O–H groups in total. The summed E-state index contributed by atoms with van der Waals surface area (Å²) >= 11 is 0. The van der Waals surface area contributed by atoms with Crippen molar-refractivity contribution >= 4 is 5.91 Å². The van der Waals surface area contributed by atoms with Crippen LogP contribution in [0.15, 0.2) is 64.0 Å². The molecule has 25 heavy (non-hydrogen) atoms. The third kappa shape index (κ3) is 2.96. The molecule has 0 unspecified atom stereocenters. The Hall–Kier alpha value is -2.86. The fraction of sp³-hybridized carbons (Fsp3) is 0.263. The second-order valence-electron chi connectivity index (χ2n) is 6.05. The smallest absolute Gasteiger partial charge is 0.277 e. The van der Waals surface area contributed by atoms with Crippen LogP contribution in [-0.2, 0) is 4.74 Å². The number of hydrogen-bond acceptors (Lipinski definition) is 5. The van der Waals surface area contributed by atoms with Crippen molar-refractivity contribution in [2.75, 3.05) is 13.2 Å². The summed E-state index contributed by atoms with van der Waals surface area (Å²) in [6.07, 6.45) is 2.65. The fourth-order valence-electron chi connectivity index (χ4n) is 3.03. The Morgan fingerprint density at radius 1 is 1.16 bits per heavy atom. The van der Waals surface area contributed by atoms with Crippen LogP contribution >= 0.6 is 0 Å². The molecule has 4 rings (SSSR count). The van der Waals surface area contributed by atoms with E-state index in [0.29, 0.717) is 24.7 Å². The van der Waals surface area contributed by atoms with Crippen LogP contribution in [0.3, 0.4) is 0 Å². The van der Waals surface area contributed by atoms with E-state index in [2.05, 4.69) is 4.98 Å². The van der Waals surface area contributed by atoms with Gasteiger partial charge in [-0.1, -0.05) is 30.3 Å². The maximum absolute atomic E-state index is 13.1. The first-order valence-corrected chi connectivity index (χ1v) is 8.19. The molecule has 0 saturated carbocycles. The van der Waals surface area contributed by atoms with Gasteiger partial charge in [-0.2, -0.15) is 0 Å². The minimum atomic E-state index is -0.183. The molecule has 128 valence electrons. The van der Waals surface area contributed by atoms with Crippen molar-refractivity contribution in [1.29, 1.82) is 0 Å². The Morgan fingerprint density at radius 3 is 2.76 bits per heavy atom. The average Bonchev–Trinajstić information content (AvgIpc) is 3.33. The first kappa shape index (κ1) is 15.7. The minimum absolute atomic E-state index is 0.0476. The number of hydrogen-bond donors (Lipinski definition) is 0. The number of carbonyl (C=O) groups excluding carboxylic acids is 1. The molecule has 1 aliphatic rings. The van der Waals surface area contributed by atoms with Gasteiger partial charge in [-0.3, -0.25) is 4.79 Å². The van der Waals surface area contributed by atoms with Crippen molar-refractivity contribution in [1.82, 2.24) is 9.88 Å². The summed E-state index contributed by atoms with van der Waals surface area (Å²) in [7, 11) is 0. The quantitative estimate of drug-likeness (QED) is 0.731. The highest BCUT2D eigenvalue weighted by Gasteiger charge is 2.34. The Kier molecular flexibility index (Phi) is 4.11. The summed E-state index contributed by atoms with van der Waals surface area (Å²) in [6, 6.07) is 13.4. The van der Waals surface area contributed by atoms with Gasteiger partial charge < -0.3 is 18.5 Å². The second-order valence-corrected chi connectivity index (χ2v) is 6.05. The molecule has 0 radical (unpaired) electrons. The predicted molar refractivity (Wildman–Crippen MR) is 89.8 cm³/mol. The number of morpholine rings is 1. The molecule has 3 aromatic rings. The maximum atomic E-state index is 13.1. The van der Waals surface area contributed by atoms with E-state index in [9.17, 15) is 4.79 Å². The van der Waals surface area contributed by atoms with Crippen LogP contribution in [0.2, 0.25) is 0 Å². The molecule has 1 saturated heterocycles. The summed E-state index contributed by atoms with van der Waals surface area (Å²) in [4.78, 5) is 19.0. The Bertz CT molecular complexity index is 841. The van der Waals surface area contributed by atoms with Crippen LogP contribution in [0.4, 0.5) is 0 Å². The first-order valence-electron chi connectivity index (χ1n) is 8.19. The second kappa shape index (κ2) is 6.57. The van der Waals surface area contributed by atoms with Crippen molar-refractivity contribution in [2.24, 2.45) is 0 Å². The molecule has 1 amide bonds. The normalized spacial score (nSPS) is 20.6. The Morgan fingerprint density at radius 2 is 2.00 bits per heavy atom. The molecule has 3 heterocycles. The van der Waals surface area contributed by atoms with E-state index in [-0.39, 0.29) is 23.7 Å². The first-order chi connectivity index (χ1) is 12.2. The van der Waals surface area contributed by atoms with E-state index < -0.39 is 0 Å². The van der Waals surface area contributed by atoms with E-state index in [0.717, 1.165) is 5.56 Å². The zero-order valence-electron chi connectivity index (χ0n) is 13.8. The van der Waals surface area contributed by atoms with Crippen LogP contribution in [0.1, 0.15) is 29.1 Å². The molecule has 0 spiro atoms.